The number of rotatable bonds is 5. The van der Waals surface area contributed by atoms with Crippen LogP contribution >= 0.6 is 0 Å². The van der Waals surface area contributed by atoms with Crippen LogP contribution in [0.25, 0.3) is 6.08 Å². The Hall–Kier alpha value is -3.00. The molecule has 2 aromatic rings. The number of ether oxygens (including phenoxy) is 1. The van der Waals surface area contributed by atoms with E-state index in [0.717, 1.165) is 5.41 Å². The molecule has 0 aliphatic heterocycles. The second kappa shape index (κ2) is 7.51. The van der Waals surface area contributed by atoms with Gasteiger partial charge in [-0.1, -0.05) is 36.4 Å². The summed E-state index contributed by atoms with van der Waals surface area (Å²) in [6.45, 7) is 0. The molecule has 0 fully saturated rings. The fourth-order valence-electron chi connectivity index (χ4n) is 1.73. The Balaban J connectivity index is 2.13. The molecule has 2 rings (SSSR count). The van der Waals surface area contributed by atoms with Crippen LogP contribution < -0.4 is 4.72 Å². The van der Waals surface area contributed by atoms with Crippen LogP contribution in [0.1, 0.15) is 26.5 Å². The van der Waals surface area contributed by atoms with Crippen LogP contribution in [0, 0.1) is 0 Å². The van der Waals surface area contributed by atoms with Gasteiger partial charge in [-0.2, -0.15) is 0 Å². The molecule has 1 aromatic heterocycles. The van der Waals surface area contributed by atoms with Crippen LogP contribution in [-0.2, 0) is 14.8 Å². The Bertz CT molecular complexity index is 876. The maximum atomic E-state index is 12.0. The Morgan fingerprint density at radius 1 is 1.04 bits per heavy atom. The van der Waals surface area contributed by atoms with Crippen LogP contribution in [-0.4, -0.2) is 32.4 Å². The summed E-state index contributed by atoms with van der Waals surface area (Å²) in [6.07, 6.45) is 1.36. The predicted octanol–water partition coefficient (Wildman–Crippen LogP) is 1.60. The van der Waals surface area contributed by atoms with Crippen molar-refractivity contribution in [1.82, 2.24) is 9.71 Å². The third-order valence-electron chi connectivity index (χ3n) is 2.85. The highest BCUT2D eigenvalue weighted by Gasteiger charge is 2.16. The zero-order valence-corrected chi connectivity index (χ0v) is 13.5. The SMILES string of the molecule is COC(=O)c1cccc(C(=O)NS(=O)(=O)/C=C/c2ccccc2)n1. The summed E-state index contributed by atoms with van der Waals surface area (Å²) in [5.74, 6) is -1.67. The number of aromatic nitrogens is 1. The van der Waals surface area contributed by atoms with Gasteiger partial charge in [0.2, 0.25) is 0 Å². The lowest BCUT2D eigenvalue weighted by Gasteiger charge is -2.04. The number of nitrogens with zero attached hydrogens (tertiary/aromatic N) is 1. The lowest BCUT2D eigenvalue weighted by molar-refractivity contribution is 0.0594. The molecule has 8 heteroatoms. The van der Waals surface area contributed by atoms with Crippen LogP contribution in [0.2, 0.25) is 0 Å². The molecule has 7 nitrogen and oxygen atoms in total. The summed E-state index contributed by atoms with van der Waals surface area (Å²) in [6, 6.07) is 12.8. The third-order valence-corrected chi connectivity index (χ3v) is 3.81. The summed E-state index contributed by atoms with van der Waals surface area (Å²) in [7, 11) is -2.83. The van der Waals surface area contributed by atoms with Crippen LogP contribution in [0.3, 0.4) is 0 Å². The average molecular weight is 346 g/mol. The third kappa shape index (κ3) is 4.75. The Labute approximate surface area is 139 Å². The van der Waals surface area contributed by atoms with Crippen molar-refractivity contribution in [2.75, 3.05) is 7.11 Å². The number of hydrogen-bond acceptors (Lipinski definition) is 6. The molecule has 0 atom stereocenters. The number of hydrogen-bond donors (Lipinski definition) is 1. The minimum absolute atomic E-state index is 0.0950. The molecular weight excluding hydrogens is 332 g/mol. The molecule has 0 aliphatic carbocycles. The minimum Gasteiger partial charge on any atom is -0.464 e. The molecule has 0 spiro atoms. The van der Waals surface area contributed by atoms with Crippen molar-refractivity contribution in [2.24, 2.45) is 0 Å². The van der Waals surface area contributed by atoms with Gasteiger partial charge >= 0.3 is 5.97 Å². The molecule has 0 aliphatic rings. The van der Waals surface area contributed by atoms with E-state index >= 15 is 0 Å². The molecule has 0 saturated carbocycles. The molecule has 0 radical (unpaired) electrons. The molecule has 1 heterocycles. The molecule has 1 aromatic carbocycles. The molecule has 0 bridgehead atoms. The quantitative estimate of drug-likeness (QED) is 0.825. The van der Waals surface area contributed by atoms with Crippen molar-refractivity contribution in [3.8, 4) is 0 Å². The number of esters is 1. The standard InChI is InChI=1S/C16H14N2O5S/c1-23-16(20)14-9-5-8-13(17-14)15(19)18-24(21,22)11-10-12-6-3-2-4-7-12/h2-11H,1H3,(H,18,19)/b11-10+. The van der Waals surface area contributed by atoms with E-state index in [1.807, 2.05) is 4.72 Å². The van der Waals surface area contributed by atoms with Crippen molar-refractivity contribution in [3.63, 3.8) is 0 Å². The number of amides is 1. The van der Waals surface area contributed by atoms with Crippen molar-refractivity contribution in [1.29, 1.82) is 0 Å². The summed E-state index contributed by atoms with van der Waals surface area (Å²) in [5, 5.41) is 0.879. The number of pyridine rings is 1. The van der Waals surface area contributed by atoms with Gasteiger partial charge in [-0.3, -0.25) is 4.79 Å². The predicted molar refractivity (Wildman–Crippen MR) is 87.4 cm³/mol. The highest BCUT2D eigenvalue weighted by Crippen LogP contribution is 2.05. The molecule has 0 saturated heterocycles. The van der Waals surface area contributed by atoms with Gasteiger partial charge in [-0.05, 0) is 23.8 Å². The molecule has 24 heavy (non-hydrogen) atoms. The van der Waals surface area contributed by atoms with Gasteiger partial charge in [0, 0.05) is 0 Å². The summed E-state index contributed by atoms with van der Waals surface area (Å²) < 4.78 is 30.2. The first-order chi connectivity index (χ1) is 11.4. The van der Waals surface area contributed by atoms with Gasteiger partial charge in [-0.25, -0.2) is 22.9 Å². The number of methoxy groups -OCH3 is 1. The smallest absolute Gasteiger partial charge is 0.356 e. The van der Waals surface area contributed by atoms with Gasteiger partial charge < -0.3 is 4.74 Å². The van der Waals surface area contributed by atoms with Crippen molar-refractivity contribution < 1.29 is 22.7 Å². The van der Waals surface area contributed by atoms with Gasteiger partial charge in [0.1, 0.15) is 11.4 Å². The van der Waals surface area contributed by atoms with E-state index in [2.05, 4.69) is 9.72 Å². The summed E-state index contributed by atoms with van der Waals surface area (Å²) in [5.41, 5.74) is 0.359. The fraction of sp³-hybridized carbons (Fsp3) is 0.0625. The van der Waals surface area contributed by atoms with Gasteiger partial charge in [0.05, 0.1) is 12.5 Å². The topological polar surface area (TPSA) is 102 Å². The van der Waals surface area contributed by atoms with Crippen molar-refractivity contribution >= 4 is 28.0 Å². The van der Waals surface area contributed by atoms with Crippen LogP contribution in [0.4, 0.5) is 0 Å². The number of carbonyl (C=O) groups is 2. The van der Waals surface area contributed by atoms with E-state index in [0.29, 0.717) is 5.56 Å². The van der Waals surface area contributed by atoms with E-state index < -0.39 is 21.9 Å². The number of nitrogens with one attached hydrogen (secondary N) is 1. The number of benzene rings is 1. The average Bonchev–Trinajstić information content (AvgIpc) is 2.60. The molecule has 1 amide bonds. The summed E-state index contributed by atoms with van der Waals surface area (Å²) in [4.78, 5) is 27.2. The zero-order valence-electron chi connectivity index (χ0n) is 12.7. The highest BCUT2D eigenvalue weighted by molar-refractivity contribution is 7.93. The first-order valence-electron chi connectivity index (χ1n) is 6.77. The molecule has 124 valence electrons. The molecule has 0 unspecified atom stereocenters. The zero-order chi connectivity index (χ0) is 17.6. The first kappa shape index (κ1) is 17.4. The van der Waals surface area contributed by atoms with Gasteiger partial charge in [0.25, 0.3) is 15.9 Å². The minimum atomic E-state index is -4.00. The van der Waals surface area contributed by atoms with Crippen molar-refractivity contribution in [3.05, 3.63) is 70.9 Å². The Morgan fingerprint density at radius 3 is 2.38 bits per heavy atom. The lowest BCUT2D eigenvalue weighted by Crippen LogP contribution is -2.29. The maximum Gasteiger partial charge on any atom is 0.356 e. The largest absolute Gasteiger partial charge is 0.464 e. The molecular formula is C16H14N2O5S. The van der Waals surface area contributed by atoms with E-state index in [-0.39, 0.29) is 11.4 Å². The van der Waals surface area contributed by atoms with Crippen LogP contribution in [0.15, 0.2) is 53.9 Å². The van der Waals surface area contributed by atoms with Crippen molar-refractivity contribution in [2.45, 2.75) is 0 Å². The first-order valence-corrected chi connectivity index (χ1v) is 8.31. The Kier molecular flexibility index (Phi) is 5.43. The van der Waals surface area contributed by atoms with Gasteiger partial charge in [-0.15, -0.1) is 0 Å². The fourth-order valence-corrected chi connectivity index (χ4v) is 2.49. The van der Waals surface area contributed by atoms with Crippen LogP contribution in [0.5, 0.6) is 0 Å². The number of carbonyl (C=O) groups excluding carboxylic acids is 2. The van der Waals surface area contributed by atoms with E-state index in [4.69, 9.17) is 0 Å². The monoisotopic (exact) mass is 346 g/mol. The normalized spacial score (nSPS) is 11.2. The maximum absolute atomic E-state index is 12.0. The second-order valence-electron chi connectivity index (χ2n) is 4.59. The van der Waals surface area contributed by atoms with E-state index in [1.165, 1.54) is 31.4 Å². The second-order valence-corrected chi connectivity index (χ2v) is 6.16. The Morgan fingerprint density at radius 2 is 1.71 bits per heavy atom. The van der Waals surface area contributed by atoms with E-state index in [9.17, 15) is 18.0 Å². The highest BCUT2D eigenvalue weighted by atomic mass is 32.2. The van der Waals surface area contributed by atoms with Gasteiger partial charge in [0.15, 0.2) is 0 Å². The molecule has 1 N–H and O–H groups in total. The van der Waals surface area contributed by atoms with E-state index in [1.54, 1.807) is 30.3 Å². The number of sulfonamides is 1. The lowest BCUT2D eigenvalue weighted by atomic mass is 10.2. The summed E-state index contributed by atoms with van der Waals surface area (Å²) >= 11 is 0.